The molecule has 110 valence electrons. The van der Waals surface area contributed by atoms with Gasteiger partial charge in [0.2, 0.25) is 0 Å². The van der Waals surface area contributed by atoms with Gasteiger partial charge in [-0.2, -0.15) is 0 Å². The first kappa shape index (κ1) is 15.9. The zero-order chi connectivity index (χ0) is 14.7. The van der Waals surface area contributed by atoms with Crippen molar-refractivity contribution in [1.82, 2.24) is 5.32 Å². The van der Waals surface area contributed by atoms with Crippen molar-refractivity contribution in [3.05, 3.63) is 33.8 Å². The van der Waals surface area contributed by atoms with Crippen LogP contribution in [0.4, 0.5) is 8.78 Å². The van der Waals surface area contributed by atoms with E-state index in [4.69, 9.17) is 0 Å². The van der Waals surface area contributed by atoms with Gasteiger partial charge in [-0.15, -0.1) is 0 Å². The Bertz CT molecular complexity index is 487. The van der Waals surface area contributed by atoms with Crippen LogP contribution in [0, 0.1) is 23.5 Å². The van der Waals surface area contributed by atoms with Crippen LogP contribution in [0.15, 0.2) is 16.6 Å². The Balaban J connectivity index is 2.02. The Labute approximate surface area is 133 Å². The van der Waals surface area contributed by atoms with Crippen LogP contribution in [0.3, 0.4) is 0 Å². The van der Waals surface area contributed by atoms with E-state index >= 15 is 0 Å². The molecular formula is C14H15Br2F2NO. The summed E-state index contributed by atoms with van der Waals surface area (Å²) in [7, 11) is 0. The molecule has 1 saturated carbocycles. The second kappa shape index (κ2) is 6.98. The molecule has 2 nitrogen and oxygen atoms in total. The molecule has 1 aliphatic rings. The number of rotatable bonds is 4. The molecule has 1 fully saturated rings. The molecule has 1 amide bonds. The number of hydrogen-bond acceptors (Lipinski definition) is 1. The molecule has 1 aromatic rings. The van der Waals surface area contributed by atoms with Crippen molar-refractivity contribution < 1.29 is 13.6 Å². The van der Waals surface area contributed by atoms with E-state index in [1.54, 1.807) is 0 Å². The third kappa shape index (κ3) is 3.58. The minimum absolute atomic E-state index is 0.277. The van der Waals surface area contributed by atoms with Gasteiger partial charge >= 0.3 is 0 Å². The number of nitrogens with one attached hydrogen (secondary N) is 1. The summed E-state index contributed by atoms with van der Waals surface area (Å²) in [5.41, 5.74) is -0.512. The SMILES string of the molecule is O=C(NCC1CCCC1CBr)c1c(F)cc(Br)cc1F. The van der Waals surface area contributed by atoms with Gasteiger partial charge in [-0.1, -0.05) is 38.3 Å². The average molecular weight is 411 g/mol. The van der Waals surface area contributed by atoms with Crippen LogP contribution < -0.4 is 5.32 Å². The maximum Gasteiger partial charge on any atom is 0.257 e. The van der Waals surface area contributed by atoms with E-state index < -0.39 is 23.1 Å². The van der Waals surface area contributed by atoms with Crippen molar-refractivity contribution in [3.63, 3.8) is 0 Å². The molecule has 1 aromatic carbocycles. The lowest BCUT2D eigenvalue weighted by Crippen LogP contribution is -2.32. The maximum absolute atomic E-state index is 13.7. The minimum Gasteiger partial charge on any atom is -0.352 e. The molecule has 2 rings (SSSR count). The molecule has 2 atom stereocenters. The molecule has 1 aliphatic carbocycles. The third-order valence-corrected chi connectivity index (χ3v) is 5.06. The van der Waals surface area contributed by atoms with Gasteiger partial charge in [0.25, 0.3) is 5.91 Å². The lowest BCUT2D eigenvalue weighted by Gasteiger charge is -2.18. The Morgan fingerprint density at radius 2 is 1.85 bits per heavy atom. The van der Waals surface area contributed by atoms with Crippen LogP contribution in [0.5, 0.6) is 0 Å². The molecule has 20 heavy (non-hydrogen) atoms. The largest absolute Gasteiger partial charge is 0.352 e. The van der Waals surface area contributed by atoms with Crippen molar-refractivity contribution >= 4 is 37.8 Å². The van der Waals surface area contributed by atoms with E-state index in [0.29, 0.717) is 18.4 Å². The number of hydrogen-bond donors (Lipinski definition) is 1. The molecule has 2 unspecified atom stereocenters. The highest BCUT2D eigenvalue weighted by molar-refractivity contribution is 9.10. The Morgan fingerprint density at radius 3 is 2.45 bits per heavy atom. The second-order valence-corrected chi connectivity index (χ2v) is 6.62. The smallest absolute Gasteiger partial charge is 0.257 e. The summed E-state index contributed by atoms with van der Waals surface area (Å²) in [6.07, 6.45) is 3.31. The van der Waals surface area contributed by atoms with Gasteiger partial charge in [-0.3, -0.25) is 4.79 Å². The van der Waals surface area contributed by atoms with Gasteiger partial charge in [-0.25, -0.2) is 8.78 Å². The van der Waals surface area contributed by atoms with Crippen LogP contribution in [-0.2, 0) is 0 Å². The first-order chi connectivity index (χ1) is 9.52. The first-order valence-electron chi connectivity index (χ1n) is 6.51. The fourth-order valence-corrected chi connectivity index (χ4v) is 3.91. The molecule has 0 heterocycles. The Morgan fingerprint density at radius 1 is 1.25 bits per heavy atom. The zero-order valence-electron chi connectivity index (χ0n) is 10.8. The van der Waals surface area contributed by atoms with Gasteiger partial charge in [0, 0.05) is 16.3 Å². The summed E-state index contributed by atoms with van der Waals surface area (Å²) in [6, 6.07) is 2.18. The van der Waals surface area contributed by atoms with Crippen LogP contribution in [0.2, 0.25) is 0 Å². The van der Waals surface area contributed by atoms with E-state index in [0.717, 1.165) is 36.7 Å². The standard InChI is InChI=1S/C14H15Br2F2NO/c15-6-8-2-1-3-9(8)7-19-14(20)13-11(17)4-10(16)5-12(13)18/h4-5,8-9H,1-3,6-7H2,(H,19,20). The first-order valence-corrected chi connectivity index (χ1v) is 8.43. The summed E-state index contributed by atoms with van der Waals surface area (Å²) in [5, 5.41) is 3.55. The predicted octanol–water partition coefficient (Wildman–Crippen LogP) is 4.27. The summed E-state index contributed by atoms with van der Waals surface area (Å²) in [4.78, 5) is 11.9. The molecule has 6 heteroatoms. The predicted molar refractivity (Wildman–Crippen MR) is 81.0 cm³/mol. The Hall–Kier alpha value is -0.490. The highest BCUT2D eigenvalue weighted by atomic mass is 79.9. The Kier molecular flexibility index (Phi) is 5.55. The van der Waals surface area contributed by atoms with Crippen LogP contribution in [0.1, 0.15) is 29.6 Å². The normalized spacial score (nSPS) is 22.0. The zero-order valence-corrected chi connectivity index (χ0v) is 13.9. The van der Waals surface area contributed by atoms with E-state index in [2.05, 4.69) is 37.2 Å². The molecule has 0 aliphatic heterocycles. The molecule has 0 saturated heterocycles. The van der Waals surface area contributed by atoms with Gasteiger partial charge in [-0.05, 0) is 36.8 Å². The number of amides is 1. The maximum atomic E-state index is 13.7. The van der Waals surface area contributed by atoms with Crippen molar-refractivity contribution in [1.29, 1.82) is 0 Å². The van der Waals surface area contributed by atoms with Gasteiger partial charge in [0.05, 0.1) is 0 Å². The van der Waals surface area contributed by atoms with E-state index in [1.165, 1.54) is 0 Å². The molecule has 0 spiro atoms. The number of alkyl halides is 1. The van der Waals surface area contributed by atoms with E-state index in [-0.39, 0.29) is 4.47 Å². The summed E-state index contributed by atoms with van der Waals surface area (Å²) in [6.45, 7) is 0.462. The fraction of sp³-hybridized carbons (Fsp3) is 0.500. The monoisotopic (exact) mass is 409 g/mol. The lowest BCUT2D eigenvalue weighted by atomic mass is 9.98. The van der Waals surface area contributed by atoms with Crippen LogP contribution in [-0.4, -0.2) is 17.8 Å². The fourth-order valence-electron chi connectivity index (χ4n) is 2.66. The molecule has 0 aromatic heterocycles. The van der Waals surface area contributed by atoms with Gasteiger partial charge in [0.15, 0.2) is 0 Å². The quantitative estimate of drug-likeness (QED) is 0.738. The summed E-state index contributed by atoms with van der Waals surface area (Å²) >= 11 is 6.45. The highest BCUT2D eigenvalue weighted by Gasteiger charge is 2.27. The number of carbonyl (C=O) groups excluding carboxylic acids is 1. The molecule has 0 radical (unpaired) electrons. The molecule has 0 bridgehead atoms. The minimum atomic E-state index is -0.849. The van der Waals surface area contributed by atoms with Crippen molar-refractivity contribution in [3.8, 4) is 0 Å². The number of benzene rings is 1. The third-order valence-electron chi connectivity index (χ3n) is 3.77. The van der Waals surface area contributed by atoms with Crippen molar-refractivity contribution in [2.45, 2.75) is 19.3 Å². The van der Waals surface area contributed by atoms with Crippen LogP contribution >= 0.6 is 31.9 Å². The lowest BCUT2D eigenvalue weighted by molar-refractivity contribution is 0.0936. The molecule has 1 N–H and O–H groups in total. The topological polar surface area (TPSA) is 29.1 Å². The summed E-state index contributed by atoms with van der Waals surface area (Å²) in [5.74, 6) is -1.49. The highest BCUT2D eigenvalue weighted by Crippen LogP contribution is 2.32. The summed E-state index contributed by atoms with van der Waals surface area (Å²) < 4.78 is 27.6. The second-order valence-electron chi connectivity index (χ2n) is 5.06. The van der Waals surface area contributed by atoms with Crippen LogP contribution in [0.25, 0.3) is 0 Å². The van der Waals surface area contributed by atoms with Gasteiger partial charge in [0.1, 0.15) is 17.2 Å². The van der Waals surface area contributed by atoms with Gasteiger partial charge < -0.3 is 5.32 Å². The van der Waals surface area contributed by atoms with E-state index in [9.17, 15) is 13.6 Å². The number of halogens is 4. The average Bonchev–Trinajstić information content (AvgIpc) is 2.82. The van der Waals surface area contributed by atoms with E-state index in [1.807, 2.05) is 0 Å². The van der Waals surface area contributed by atoms with Crippen molar-refractivity contribution in [2.24, 2.45) is 11.8 Å². The molecular weight excluding hydrogens is 396 g/mol. The number of carbonyl (C=O) groups is 1. The van der Waals surface area contributed by atoms with Crippen molar-refractivity contribution in [2.75, 3.05) is 11.9 Å².